The monoisotopic (exact) mass is 255 g/mol. The zero-order valence-corrected chi connectivity index (χ0v) is 10.8. The Balaban J connectivity index is 2.00. The minimum atomic E-state index is -0.0752. The number of nitrogens with zero attached hydrogens (tertiary/aromatic N) is 1. The van der Waals surface area contributed by atoms with E-state index in [0.29, 0.717) is 5.56 Å². The van der Waals surface area contributed by atoms with Crippen molar-refractivity contribution in [2.75, 3.05) is 0 Å². The highest BCUT2D eigenvalue weighted by Crippen LogP contribution is 2.22. The van der Waals surface area contributed by atoms with E-state index < -0.39 is 0 Å². The Kier molecular flexibility index (Phi) is 4.05. The molecule has 94 valence electrons. The molecule has 1 saturated carbocycles. The molecule has 2 unspecified atom stereocenters. The number of rotatable bonds is 2. The van der Waals surface area contributed by atoms with Gasteiger partial charge in [-0.2, -0.15) is 5.10 Å². The fraction of sp³-hybridized carbons (Fsp3) is 0.667. The number of halogens is 1. The van der Waals surface area contributed by atoms with Gasteiger partial charge in [-0.3, -0.25) is 9.89 Å². The second-order valence-electron chi connectivity index (χ2n) is 4.64. The van der Waals surface area contributed by atoms with Crippen LogP contribution in [0.3, 0.4) is 0 Å². The summed E-state index contributed by atoms with van der Waals surface area (Å²) in [6.07, 6.45) is 7.02. The number of carbonyl (C=O) groups excluding carboxylic acids is 1. The van der Waals surface area contributed by atoms with Gasteiger partial charge in [0.05, 0.1) is 17.1 Å². The van der Waals surface area contributed by atoms with Crippen LogP contribution in [0.1, 0.15) is 48.2 Å². The van der Waals surface area contributed by atoms with Gasteiger partial charge in [-0.1, -0.05) is 19.3 Å². The fourth-order valence-electron chi connectivity index (χ4n) is 2.25. The van der Waals surface area contributed by atoms with Gasteiger partial charge in [0.2, 0.25) is 0 Å². The molecule has 0 aliphatic heterocycles. The predicted molar refractivity (Wildman–Crippen MR) is 67.3 cm³/mol. The van der Waals surface area contributed by atoms with E-state index in [1.807, 2.05) is 6.92 Å². The van der Waals surface area contributed by atoms with Crippen LogP contribution in [0.15, 0.2) is 6.20 Å². The molecule has 0 radical (unpaired) electrons. The molecule has 17 heavy (non-hydrogen) atoms. The Bertz CT molecular complexity index is 391. The third kappa shape index (κ3) is 3.00. The Labute approximate surface area is 106 Å². The maximum Gasteiger partial charge on any atom is 0.255 e. The topological polar surface area (TPSA) is 57.8 Å². The fourth-order valence-corrected chi connectivity index (χ4v) is 2.59. The van der Waals surface area contributed by atoms with E-state index in [4.69, 9.17) is 11.6 Å². The number of alkyl halides is 1. The van der Waals surface area contributed by atoms with Crippen LogP contribution in [-0.4, -0.2) is 27.5 Å². The Hall–Kier alpha value is -1.03. The molecule has 2 N–H and O–H groups in total. The van der Waals surface area contributed by atoms with Gasteiger partial charge in [0, 0.05) is 11.7 Å². The van der Waals surface area contributed by atoms with E-state index >= 15 is 0 Å². The van der Waals surface area contributed by atoms with Crippen LogP contribution >= 0.6 is 11.6 Å². The van der Waals surface area contributed by atoms with Crippen molar-refractivity contribution >= 4 is 17.5 Å². The summed E-state index contributed by atoms with van der Waals surface area (Å²) in [6.45, 7) is 1.84. The van der Waals surface area contributed by atoms with Crippen LogP contribution in [0.5, 0.6) is 0 Å². The van der Waals surface area contributed by atoms with E-state index in [1.54, 1.807) is 6.20 Å². The third-order valence-electron chi connectivity index (χ3n) is 3.32. The van der Waals surface area contributed by atoms with Crippen molar-refractivity contribution in [1.29, 1.82) is 0 Å². The summed E-state index contributed by atoms with van der Waals surface area (Å²) < 4.78 is 0. The minimum absolute atomic E-state index is 0.0497. The maximum absolute atomic E-state index is 12.0. The van der Waals surface area contributed by atoms with Crippen molar-refractivity contribution in [3.8, 4) is 0 Å². The molecule has 0 saturated heterocycles. The Morgan fingerprint density at radius 3 is 2.94 bits per heavy atom. The quantitative estimate of drug-likeness (QED) is 0.630. The standard InChI is InChI=1S/C12H18ClN3O/c1-8-9(7-14-16-8)12(17)15-11-6-4-2-3-5-10(11)13/h7,10-11H,2-6H2,1H3,(H,14,16)(H,15,17). The molecular formula is C12H18ClN3O. The molecule has 1 aliphatic carbocycles. The summed E-state index contributed by atoms with van der Waals surface area (Å²) in [4.78, 5) is 12.0. The van der Waals surface area contributed by atoms with Crippen LogP contribution in [0.25, 0.3) is 0 Å². The van der Waals surface area contributed by atoms with Crippen molar-refractivity contribution in [1.82, 2.24) is 15.5 Å². The van der Waals surface area contributed by atoms with E-state index in [2.05, 4.69) is 15.5 Å². The molecule has 0 bridgehead atoms. The number of hydrogen-bond donors (Lipinski definition) is 2. The zero-order valence-electron chi connectivity index (χ0n) is 10.0. The second-order valence-corrected chi connectivity index (χ2v) is 5.20. The molecule has 1 heterocycles. The van der Waals surface area contributed by atoms with Gasteiger partial charge in [-0.25, -0.2) is 0 Å². The summed E-state index contributed by atoms with van der Waals surface area (Å²) in [5.74, 6) is -0.0752. The summed E-state index contributed by atoms with van der Waals surface area (Å²) in [6, 6.07) is 0.0842. The van der Waals surface area contributed by atoms with Crippen LogP contribution < -0.4 is 5.32 Å². The largest absolute Gasteiger partial charge is 0.348 e. The van der Waals surface area contributed by atoms with Gasteiger partial charge in [-0.15, -0.1) is 11.6 Å². The Morgan fingerprint density at radius 2 is 2.24 bits per heavy atom. The average Bonchev–Trinajstić information content (AvgIpc) is 2.63. The first-order valence-corrected chi connectivity index (χ1v) is 6.57. The molecule has 5 heteroatoms. The SMILES string of the molecule is Cc1[nH]ncc1C(=O)NC1CCCCCC1Cl. The van der Waals surface area contributed by atoms with Crippen molar-refractivity contribution in [2.45, 2.75) is 50.4 Å². The molecule has 1 fully saturated rings. The van der Waals surface area contributed by atoms with Crippen LogP contribution in [-0.2, 0) is 0 Å². The number of hydrogen-bond acceptors (Lipinski definition) is 2. The molecular weight excluding hydrogens is 238 g/mol. The first-order valence-electron chi connectivity index (χ1n) is 6.13. The van der Waals surface area contributed by atoms with Crippen molar-refractivity contribution < 1.29 is 4.79 Å². The van der Waals surface area contributed by atoms with Crippen LogP contribution in [0.2, 0.25) is 0 Å². The number of nitrogens with one attached hydrogen (secondary N) is 2. The van der Waals surface area contributed by atoms with E-state index in [0.717, 1.165) is 31.4 Å². The van der Waals surface area contributed by atoms with Crippen LogP contribution in [0.4, 0.5) is 0 Å². The lowest BCUT2D eigenvalue weighted by atomic mass is 10.1. The summed E-state index contributed by atoms with van der Waals surface area (Å²) in [5, 5.41) is 9.69. The molecule has 0 aromatic carbocycles. The predicted octanol–water partition coefficient (Wildman–Crippen LogP) is 2.39. The minimum Gasteiger partial charge on any atom is -0.348 e. The first-order chi connectivity index (χ1) is 8.18. The third-order valence-corrected chi connectivity index (χ3v) is 3.85. The highest BCUT2D eigenvalue weighted by atomic mass is 35.5. The molecule has 1 amide bonds. The lowest BCUT2D eigenvalue weighted by Gasteiger charge is -2.20. The normalized spacial score (nSPS) is 25.3. The molecule has 2 rings (SSSR count). The molecule has 1 aliphatic rings. The van der Waals surface area contributed by atoms with Gasteiger partial charge in [0.25, 0.3) is 5.91 Å². The summed E-state index contributed by atoms with van der Waals surface area (Å²) in [5.41, 5.74) is 1.40. The van der Waals surface area contributed by atoms with Gasteiger partial charge in [-0.05, 0) is 19.8 Å². The molecule has 2 atom stereocenters. The van der Waals surface area contributed by atoms with Gasteiger partial charge < -0.3 is 5.32 Å². The lowest BCUT2D eigenvalue weighted by molar-refractivity contribution is 0.0933. The van der Waals surface area contributed by atoms with Crippen molar-refractivity contribution in [2.24, 2.45) is 0 Å². The van der Waals surface area contributed by atoms with Gasteiger partial charge >= 0.3 is 0 Å². The first kappa shape index (κ1) is 12.4. The second kappa shape index (κ2) is 5.54. The number of carbonyl (C=O) groups is 1. The van der Waals surface area contributed by atoms with Crippen molar-refractivity contribution in [3.05, 3.63) is 17.5 Å². The van der Waals surface area contributed by atoms with Gasteiger partial charge in [0.1, 0.15) is 0 Å². The Morgan fingerprint density at radius 1 is 1.47 bits per heavy atom. The smallest absolute Gasteiger partial charge is 0.255 e. The van der Waals surface area contributed by atoms with E-state index in [1.165, 1.54) is 6.42 Å². The molecule has 1 aromatic rings. The molecule has 1 aromatic heterocycles. The highest BCUT2D eigenvalue weighted by Gasteiger charge is 2.24. The molecule has 0 spiro atoms. The molecule has 4 nitrogen and oxygen atoms in total. The van der Waals surface area contributed by atoms with Gasteiger partial charge in [0.15, 0.2) is 0 Å². The summed E-state index contributed by atoms with van der Waals surface area (Å²) >= 11 is 6.29. The number of aromatic nitrogens is 2. The van der Waals surface area contributed by atoms with Crippen molar-refractivity contribution in [3.63, 3.8) is 0 Å². The maximum atomic E-state index is 12.0. The van der Waals surface area contributed by atoms with E-state index in [9.17, 15) is 4.79 Å². The number of amides is 1. The number of H-pyrrole nitrogens is 1. The summed E-state index contributed by atoms with van der Waals surface area (Å²) in [7, 11) is 0. The average molecular weight is 256 g/mol. The lowest BCUT2D eigenvalue weighted by Crippen LogP contribution is -2.40. The highest BCUT2D eigenvalue weighted by molar-refractivity contribution is 6.21. The van der Waals surface area contributed by atoms with E-state index in [-0.39, 0.29) is 17.3 Å². The zero-order chi connectivity index (χ0) is 12.3. The number of aromatic amines is 1. The number of aryl methyl sites for hydroxylation is 1. The van der Waals surface area contributed by atoms with Crippen LogP contribution in [0, 0.1) is 6.92 Å².